The van der Waals surface area contributed by atoms with Gasteiger partial charge in [-0.3, -0.25) is 14.4 Å². The van der Waals surface area contributed by atoms with E-state index in [1.165, 1.54) is 67.9 Å². The molecule has 1 aromatic heterocycles. The van der Waals surface area contributed by atoms with E-state index in [0.29, 0.717) is 63.9 Å². The third-order valence-electron chi connectivity index (χ3n) is 12.7. The topological polar surface area (TPSA) is 183 Å². The zero-order valence-corrected chi connectivity index (χ0v) is 41.7. The van der Waals surface area contributed by atoms with Gasteiger partial charge in [0.05, 0.1) is 55.0 Å². The highest BCUT2D eigenvalue weighted by Crippen LogP contribution is 2.53. The van der Waals surface area contributed by atoms with E-state index >= 15 is 8.78 Å². The Morgan fingerprint density at radius 2 is 1.67 bits per heavy atom. The van der Waals surface area contributed by atoms with Crippen molar-refractivity contribution in [3.8, 4) is 28.8 Å². The molecule has 0 unspecified atom stereocenters. The molecule has 7 rings (SSSR count). The van der Waals surface area contributed by atoms with Crippen LogP contribution in [0.15, 0.2) is 72.9 Å². The van der Waals surface area contributed by atoms with E-state index in [4.69, 9.17) is 37.4 Å². The van der Waals surface area contributed by atoms with Crippen molar-refractivity contribution in [3.63, 3.8) is 0 Å². The van der Waals surface area contributed by atoms with E-state index in [0.717, 1.165) is 25.0 Å². The summed E-state index contributed by atoms with van der Waals surface area (Å²) in [5.74, 6) is -6.57. The molecular formula is C52H56Cl2F4N8O6. The number of aromatic nitrogens is 2. The van der Waals surface area contributed by atoms with Gasteiger partial charge in [-0.15, -0.1) is 0 Å². The number of amides is 3. The second kappa shape index (κ2) is 23.4. The number of benzene rings is 4. The lowest BCUT2D eigenvalue weighted by atomic mass is 9.62. The molecule has 382 valence electrons. The Balaban J connectivity index is 0.916. The number of unbranched alkanes of at least 4 members (excludes halogenated alkanes) is 3. The zero-order valence-electron chi connectivity index (χ0n) is 40.2. The fraction of sp³-hybridized carbons (Fsp3) is 0.404. The minimum Gasteiger partial charge on any atom is -0.495 e. The highest BCUT2D eigenvalue weighted by Gasteiger charge is 2.61. The van der Waals surface area contributed by atoms with E-state index < -0.39 is 82.2 Å². The van der Waals surface area contributed by atoms with Crippen molar-refractivity contribution in [2.24, 2.45) is 5.41 Å². The Kier molecular flexibility index (Phi) is 17.4. The molecule has 4 atom stereocenters. The second-order valence-electron chi connectivity index (χ2n) is 18.9. The van der Waals surface area contributed by atoms with Gasteiger partial charge in [-0.1, -0.05) is 75.0 Å². The Hall–Kier alpha value is -6.39. The maximum atomic E-state index is 16.1. The predicted octanol–water partition coefficient (Wildman–Crippen LogP) is 9.23. The lowest BCUT2D eigenvalue weighted by molar-refractivity contribution is -0.123. The SMILES string of the molecule is COc1cc(C(=O)NCCCCCCNC(=O)COc2c(-c3cnc(N4CCOCC4)[nH]3)ccc(F)c2F)ccc1NC(=O)[C@@H]1N[C@@H](CC(C)(C)C)[C@](C#N)(c2ccc(Cl)cc2F)[C@H]1c1cccc(Cl)c1F. The number of hydrogen-bond acceptors (Lipinski definition) is 10. The monoisotopic (exact) mass is 1030 g/mol. The number of halogens is 6. The molecule has 2 aliphatic heterocycles. The number of rotatable bonds is 19. The van der Waals surface area contributed by atoms with Crippen molar-refractivity contribution in [2.45, 2.75) is 76.3 Å². The van der Waals surface area contributed by atoms with Gasteiger partial charge in [-0.25, -0.2) is 18.2 Å². The number of morpholine rings is 1. The number of imidazole rings is 1. The summed E-state index contributed by atoms with van der Waals surface area (Å²) in [4.78, 5) is 49.8. The summed E-state index contributed by atoms with van der Waals surface area (Å²) in [6.07, 6.45) is 4.45. The highest BCUT2D eigenvalue weighted by atomic mass is 35.5. The molecule has 2 saturated heterocycles. The summed E-state index contributed by atoms with van der Waals surface area (Å²) >= 11 is 12.4. The third kappa shape index (κ3) is 12.1. The van der Waals surface area contributed by atoms with Gasteiger partial charge >= 0.3 is 0 Å². The number of H-pyrrole nitrogens is 1. The molecule has 2 aliphatic rings. The number of nitriles is 1. The number of carbonyl (C=O) groups is 3. The quantitative estimate of drug-likeness (QED) is 0.0395. The van der Waals surface area contributed by atoms with Crippen LogP contribution in [0.1, 0.15) is 80.3 Å². The molecule has 3 heterocycles. The third-order valence-corrected chi connectivity index (χ3v) is 13.3. The van der Waals surface area contributed by atoms with Crippen LogP contribution in [0, 0.1) is 40.0 Å². The van der Waals surface area contributed by atoms with E-state index in [1.807, 2.05) is 25.7 Å². The van der Waals surface area contributed by atoms with E-state index in [1.54, 1.807) is 0 Å². The van der Waals surface area contributed by atoms with E-state index in [2.05, 4.69) is 37.3 Å². The van der Waals surface area contributed by atoms with Gasteiger partial charge in [0.25, 0.3) is 11.8 Å². The zero-order chi connectivity index (χ0) is 51.7. The first-order valence-corrected chi connectivity index (χ1v) is 24.3. The van der Waals surface area contributed by atoms with E-state index in [-0.39, 0.29) is 50.2 Å². The second-order valence-corrected chi connectivity index (χ2v) is 19.7. The summed E-state index contributed by atoms with van der Waals surface area (Å²) in [5, 5.41) is 22.7. The molecule has 3 amide bonds. The van der Waals surface area contributed by atoms with Gasteiger partial charge in [0, 0.05) is 59.9 Å². The van der Waals surface area contributed by atoms with Crippen molar-refractivity contribution < 1.29 is 46.2 Å². The minimum absolute atomic E-state index is 0.0572. The van der Waals surface area contributed by atoms with Crippen LogP contribution >= 0.6 is 23.2 Å². The van der Waals surface area contributed by atoms with Gasteiger partial charge in [-0.2, -0.15) is 9.65 Å². The molecule has 2 fully saturated rings. The van der Waals surface area contributed by atoms with Gasteiger partial charge in [0.2, 0.25) is 17.7 Å². The molecule has 72 heavy (non-hydrogen) atoms. The van der Waals surface area contributed by atoms with Crippen molar-refractivity contribution in [1.29, 1.82) is 5.26 Å². The summed E-state index contributed by atoms with van der Waals surface area (Å²) in [6, 6.07) is 15.2. The van der Waals surface area contributed by atoms with Gasteiger partial charge in [0.1, 0.15) is 22.8 Å². The first kappa shape index (κ1) is 53.4. The number of methoxy groups -OCH3 is 1. The summed E-state index contributed by atoms with van der Waals surface area (Å²) in [6.45, 7) is 8.24. The molecule has 0 saturated carbocycles. The van der Waals surface area contributed by atoms with Crippen molar-refractivity contribution in [3.05, 3.63) is 123 Å². The van der Waals surface area contributed by atoms with Crippen LogP contribution in [0.5, 0.6) is 11.5 Å². The molecule has 0 aliphatic carbocycles. The lowest BCUT2D eigenvalue weighted by Crippen LogP contribution is -2.45. The van der Waals surface area contributed by atoms with Gasteiger partial charge in [-0.05, 0) is 78.8 Å². The molecule has 4 aromatic carbocycles. The molecule has 20 heteroatoms. The predicted molar refractivity (Wildman–Crippen MR) is 266 cm³/mol. The van der Waals surface area contributed by atoms with Gasteiger partial charge in [0.15, 0.2) is 18.2 Å². The number of anilines is 2. The molecular weight excluding hydrogens is 980 g/mol. The number of nitrogens with one attached hydrogen (secondary N) is 5. The Labute approximate surface area is 425 Å². The normalized spacial score (nSPS) is 18.8. The highest BCUT2D eigenvalue weighted by molar-refractivity contribution is 6.31. The van der Waals surface area contributed by atoms with Crippen LogP contribution in [-0.4, -0.2) is 92.9 Å². The van der Waals surface area contributed by atoms with Crippen molar-refractivity contribution in [2.75, 3.05) is 63.3 Å². The Bertz CT molecular complexity index is 2820. The van der Waals surface area contributed by atoms with Crippen molar-refractivity contribution >= 4 is 52.6 Å². The first-order valence-electron chi connectivity index (χ1n) is 23.5. The molecule has 5 N–H and O–H groups in total. The number of carbonyl (C=O) groups excluding carboxylic acids is 3. The minimum atomic E-state index is -1.83. The molecule has 0 spiro atoms. The Morgan fingerprint density at radius 3 is 2.36 bits per heavy atom. The number of aromatic amines is 1. The largest absolute Gasteiger partial charge is 0.495 e. The fourth-order valence-electron chi connectivity index (χ4n) is 9.30. The maximum absolute atomic E-state index is 16.1. The average Bonchev–Trinajstić information content (AvgIpc) is 3.97. The fourth-order valence-corrected chi connectivity index (χ4v) is 9.64. The van der Waals surface area contributed by atoms with Crippen LogP contribution in [0.2, 0.25) is 10.0 Å². The van der Waals surface area contributed by atoms with Crippen LogP contribution in [0.3, 0.4) is 0 Å². The number of ether oxygens (including phenoxy) is 3. The smallest absolute Gasteiger partial charge is 0.257 e. The molecule has 5 aromatic rings. The van der Waals surface area contributed by atoms with Crippen LogP contribution in [-0.2, 0) is 19.7 Å². The van der Waals surface area contributed by atoms with Gasteiger partial charge < -0.3 is 45.4 Å². The molecule has 0 bridgehead atoms. The Morgan fingerprint density at radius 1 is 0.931 bits per heavy atom. The summed E-state index contributed by atoms with van der Waals surface area (Å²) in [7, 11) is 1.37. The first-order chi connectivity index (χ1) is 34.4. The van der Waals surface area contributed by atoms with Crippen molar-refractivity contribution in [1.82, 2.24) is 25.9 Å². The average molecular weight is 1040 g/mol. The standard InChI is InChI=1S/C52H56Cl2F4N8O6/c1-51(2,3)26-41-52(29-59,34-15-13-31(53)25-37(34)56)43(33-10-9-11-35(54)44(33)57)46(65-41)49(69)63-38-17-12-30(24-40(38)70-4)48(68)61-19-8-6-5-7-18-60-42(67)28-72-47-32(14-16-36(55)45(47)58)39-27-62-50(64-39)66-20-22-71-23-21-66/h9-17,24-25,27,41,43,46,65H,5-8,18-23,26,28H2,1-4H3,(H,60,67)(H,61,68)(H,62,64)(H,63,69)/t41-,43-,46+,52-/m0/s1. The van der Waals surface area contributed by atoms with Crippen LogP contribution < -0.4 is 35.6 Å². The molecule has 14 nitrogen and oxygen atoms in total. The molecule has 0 radical (unpaired) electrons. The lowest BCUT2D eigenvalue weighted by Gasteiger charge is -2.37. The number of hydrogen-bond donors (Lipinski definition) is 5. The van der Waals surface area contributed by atoms with Crippen LogP contribution in [0.25, 0.3) is 11.3 Å². The number of nitrogens with zero attached hydrogens (tertiary/aromatic N) is 3. The van der Waals surface area contributed by atoms with Crippen LogP contribution in [0.4, 0.5) is 29.2 Å². The van der Waals surface area contributed by atoms with E-state index in [9.17, 15) is 28.4 Å². The maximum Gasteiger partial charge on any atom is 0.257 e. The summed E-state index contributed by atoms with van der Waals surface area (Å²) in [5.41, 5.74) is -1.35. The summed E-state index contributed by atoms with van der Waals surface area (Å²) < 4.78 is 77.9.